The first-order valence-corrected chi connectivity index (χ1v) is 8.81. The summed E-state index contributed by atoms with van der Waals surface area (Å²) in [5.74, 6) is 0. The number of aryl methyl sites for hydroxylation is 1. The maximum Gasteiger partial charge on any atom is 0.243 e. The Labute approximate surface area is 131 Å². The molecule has 0 saturated carbocycles. The van der Waals surface area contributed by atoms with Crippen molar-refractivity contribution >= 4 is 27.3 Å². The lowest BCUT2D eigenvalue weighted by Gasteiger charge is -2.28. The molecule has 21 heavy (non-hydrogen) atoms. The molecule has 0 aromatic heterocycles. The summed E-state index contributed by atoms with van der Waals surface area (Å²) in [4.78, 5) is 2.41. The van der Waals surface area contributed by atoms with E-state index in [4.69, 9.17) is 17.3 Å². The summed E-state index contributed by atoms with van der Waals surface area (Å²) in [6.45, 7) is 5.83. The lowest BCUT2D eigenvalue weighted by Crippen LogP contribution is -2.42. The Hall–Kier alpha value is -0.820. The van der Waals surface area contributed by atoms with E-state index in [1.807, 2.05) is 14.0 Å². The van der Waals surface area contributed by atoms with Gasteiger partial charge in [0.15, 0.2) is 0 Å². The van der Waals surface area contributed by atoms with E-state index in [1.54, 1.807) is 17.3 Å². The van der Waals surface area contributed by atoms with Crippen molar-refractivity contribution in [2.24, 2.45) is 0 Å². The lowest BCUT2D eigenvalue weighted by atomic mass is 10.2. The first kappa shape index (κ1) is 16.5. The van der Waals surface area contributed by atoms with Crippen LogP contribution in [0.1, 0.15) is 18.9 Å². The van der Waals surface area contributed by atoms with E-state index < -0.39 is 10.0 Å². The van der Waals surface area contributed by atoms with Crippen LogP contribution in [0.2, 0.25) is 5.02 Å². The predicted octanol–water partition coefficient (Wildman–Crippen LogP) is 1.95. The zero-order chi connectivity index (χ0) is 15.8. The van der Waals surface area contributed by atoms with Crippen molar-refractivity contribution in [3.63, 3.8) is 0 Å². The molecule has 1 heterocycles. The van der Waals surface area contributed by atoms with Crippen LogP contribution in [0.25, 0.3) is 0 Å². The number of nitrogen functional groups attached to an aromatic ring is 1. The molecule has 0 amide bonds. The number of likely N-dealkylation sites (N-methyl/N-ethyl adjacent to an activating group) is 1. The first-order valence-electron chi connectivity index (χ1n) is 6.99. The van der Waals surface area contributed by atoms with Crippen LogP contribution in [-0.4, -0.2) is 50.3 Å². The standard InChI is InChI=1S/C14H22ClN3O2S/c1-10-7-12(15)13(16)8-14(10)21(19,20)18-6-4-5-17(3)9-11(18)2/h7-8,11H,4-6,9,16H2,1-3H3. The highest BCUT2D eigenvalue weighted by Crippen LogP contribution is 2.29. The van der Waals surface area contributed by atoms with Gasteiger partial charge in [-0.2, -0.15) is 4.31 Å². The van der Waals surface area contributed by atoms with Crippen molar-refractivity contribution in [2.75, 3.05) is 32.4 Å². The van der Waals surface area contributed by atoms with Crippen molar-refractivity contribution < 1.29 is 8.42 Å². The Morgan fingerprint density at radius 1 is 1.33 bits per heavy atom. The summed E-state index contributed by atoms with van der Waals surface area (Å²) in [5.41, 5.74) is 6.70. The minimum atomic E-state index is -3.56. The van der Waals surface area contributed by atoms with Gasteiger partial charge in [-0.05, 0) is 51.6 Å². The van der Waals surface area contributed by atoms with Gasteiger partial charge in [-0.15, -0.1) is 0 Å². The molecule has 7 heteroatoms. The van der Waals surface area contributed by atoms with Crippen LogP contribution < -0.4 is 5.73 Å². The van der Waals surface area contributed by atoms with Gasteiger partial charge in [0.05, 0.1) is 15.6 Å². The summed E-state index contributed by atoms with van der Waals surface area (Å²) >= 11 is 5.96. The molecule has 0 radical (unpaired) electrons. The molecule has 2 rings (SSSR count). The second-order valence-electron chi connectivity index (χ2n) is 5.72. The zero-order valence-corrected chi connectivity index (χ0v) is 14.2. The number of nitrogens with zero attached hydrogens (tertiary/aromatic N) is 2. The average molecular weight is 332 g/mol. The van der Waals surface area contributed by atoms with E-state index in [0.717, 1.165) is 19.5 Å². The lowest BCUT2D eigenvalue weighted by molar-refractivity contribution is 0.290. The van der Waals surface area contributed by atoms with E-state index in [0.29, 0.717) is 22.8 Å². The number of benzene rings is 1. The SMILES string of the molecule is Cc1cc(Cl)c(N)cc1S(=O)(=O)N1CCCN(C)CC1C. The Morgan fingerprint density at radius 3 is 2.67 bits per heavy atom. The van der Waals surface area contributed by atoms with Crippen LogP contribution in [0.4, 0.5) is 5.69 Å². The fourth-order valence-electron chi connectivity index (χ4n) is 2.78. The van der Waals surface area contributed by atoms with Crippen LogP contribution >= 0.6 is 11.6 Å². The van der Waals surface area contributed by atoms with Crippen molar-refractivity contribution in [3.8, 4) is 0 Å². The third-order valence-electron chi connectivity index (χ3n) is 3.87. The number of anilines is 1. The van der Waals surface area contributed by atoms with Gasteiger partial charge in [-0.25, -0.2) is 8.42 Å². The maximum absolute atomic E-state index is 13.0. The number of hydrogen-bond acceptors (Lipinski definition) is 4. The van der Waals surface area contributed by atoms with Crippen LogP contribution in [-0.2, 0) is 10.0 Å². The summed E-state index contributed by atoms with van der Waals surface area (Å²) in [6.07, 6.45) is 0.822. The summed E-state index contributed by atoms with van der Waals surface area (Å²) < 4.78 is 27.5. The van der Waals surface area contributed by atoms with Gasteiger partial charge in [0.1, 0.15) is 0 Å². The number of halogens is 1. The third kappa shape index (κ3) is 3.34. The minimum Gasteiger partial charge on any atom is -0.397 e. The monoisotopic (exact) mass is 331 g/mol. The van der Waals surface area contributed by atoms with Crippen LogP contribution in [0.5, 0.6) is 0 Å². The van der Waals surface area contributed by atoms with Gasteiger partial charge in [-0.1, -0.05) is 11.6 Å². The molecular formula is C14H22ClN3O2S. The van der Waals surface area contributed by atoms with Gasteiger partial charge in [-0.3, -0.25) is 0 Å². The summed E-state index contributed by atoms with van der Waals surface area (Å²) in [7, 11) is -1.55. The fourth-order valence-corrected chi connectivity index (χ4v) is 4.90. The molecule has 5 nitrogen and oxygen atoms in total. The predicted molar refractivity (Wildman–Crippen MR) is 86.1 cm³/mol. The Morgan fingerprint density at radius 2 is 2.00 bits per heavy atom. The zero-order valence-electron chi connectivity index (χ0n) is 12.6. The average Bonchev–Trinajstić information content (AvgIpc) is 2.54. The van der Waals surface area contributed by atoms with Gasteiger partial charge in [0.25, 0.3) is 0 Å². The smallest absolute Gasteiger partial charge is 0.243 e. The van der Waals surface area contributed by atoms with Crippen molar-refractivity contribution in [1.82, 2.24) is 9.21 Å². The molecule has 1 aromatic rings. The van der Waals surface area contributed by atoms with E-state index in [-0.39, 0.29) is 10.9 Å². The van der Waals surface area contributed by atoms with E-state index in [9.17, 15) is 8.42 Å². The van der Waals surface area contributed by atoms with Gasteiger partial charge in [0, 0.05) is 19.1 Å². The first-order chi connectivity index (χ1) is 9.73. The minimum absolute atomic E-state index is 0.0706. The molecule has 1 atom stereocenters. The quantitative estimate of drug-likeness (QED) is 0.841. The van der Waals surface area contributed by atoms with Gasteiger partial charge < -0.3 is 10.6 Å². The van der Waals surface area contributed by atoms with E-state index >= 15 is 0 Å². The second kappa shape index (κ2) is 6.12. The van der Waals surface area contributed by atoms with Crippen LogP contribution in [0.3, 0.4) is 0 Å². The van der Waals surface area contributed by atoms with Crippen molar-refractivity contribution in [3.05, 3.63) is 22.7 Å². The highest BCUT2D eigenvalue weighted by atomic mass is 35.5. The largest absolute Gasteiger partial charge is 0.397 e. The molecule has 0 bridgehead atoms. The normalized spacial score (nSPS) is 22.2. The molecule has 1 aliphatic heterocycles. The molecule has 0 aliphatic carbocycles. The molecule has 1 saturated heterocycles. The van der Waals surface area contributed by atoms with Crippen LogP contribution in [0, 0.1) is 6.92 Å². The van der Waals surface area contributed by atoms with Crippen LogP contribution in [0.15, 0.2) is 17.0 Å². The number of nitrogens with two attached hydrogens (primary N) is 1. The Kier molecular flexibility index (Phi) is 4.82. The molecule has 1 aliphatic rings. The number of hydrogen-bond donors (Lipinski definition) is 1. The fraction of sp³-hybridized carbons (Fsp3) is 0.571. The highest BCUT2D eigenvalue weighted by molar-refractivity contribution is 7.89. The Balaban J connectivity index is 2.44. The highest BCUT2D eigenvalue weighted by Gasteiger charge is 2.32. The van der Waals surface area contributed by atoms with E-state index in [1.165, 1.54) is 6.07 Å². The molecule has 0 spiro atoms. The second-order valence-corrected chi connectivity index (χ2v) is 7.99. The molecule has 1 unspecified atom stereocenters. The Bertz CT molecular complexity index is 633. The van der Waals surface area contributed by atoms with Crippen molar-refractivity contribution in [2.45, 2.75) is 31.2 Å². The molecule has 1 aromatic carbocycles. The summed E-state index contributed by atoms with van der Waals surface area (Å²) in [6, 6.07) is 3.01. The number of sulfonamides is 1. The molecule has 1 fully saturated rings. The molecule has 118 valence electrons. The number of rotatable bonds is 2. The third-order valence-corrected chi connectivity index (χ3v) is 6.35. The maximum atomic E-state index is 13.0. The summed E-state index contributed by atoms with van der Waals surface area (Å²) in [5, 5.41) is 0.384. The molecular weight excluding hydrogens is 310 g/mol. The molecule has 2 N–H and O–H groups in total. The van der Waals surface area contributed by atoms with E-state index in [2.05, 4.69) is 4.90 Å². The van der Waals surface area contributed by atoms with Gasteiger partial charge in [0.2, 0.25) is 10.0 Å². The van der Waals surface area contributed by atoms with Gasteiger partial charge >= 0.3 is 0 Å². The topological polar surface area (TPSA) is 66.6 Å². The van der Waals surface area contributed by atoms with Crippen molar-refractivity contribution in [1.29, 1.82) is 0 Å².